The Labute approximate surface area is 188 Å². The van der Waals surface area contributed by atoms with Crippen LogP contribution in [0.3, 0.4) is 0 Å². The van der Waals surface area contributed by atoms with E-state index in [0.29, 0.717) is 30.4 Å². The summed E-state index contributed by atoms with van der Waals surface area (Å²) in [5, 5.41) is 15.6. The van der Waals surface area contributed by atoms with E-state index < -0.39 is 0 Å². The zero-order chi connectivity index (χ0) is 22.1. The third-order valence-electron chi connectivity index (χ3n) is 5.84. The largest absolute Gasteiger partial charge is 0.353 e. The van der Waals surface area contributed by atoms with Crippen LogP contribution in [-0.4, -0.2) is 52.1 Å². The van der Waals surface area contributed by atoms with Crippen LogP contribution in [0.15, 0.2) is 59.7 Å². The summed E-state index contributed by atoms with van der Waals surface area (Å²) < 4.78 is 0. The maximum Gasteiger partial charge on any atom is 0.227 e. The third-order valence-corrected chi connectivity index (χ3v) is 5.84. The fourth-order valence-corrected chi connectivity index (χ4v) is 4.45. The van der Waals surface area contributed by atoms with Crippen molar-refractivity contribution in [3.63, 3.8) is 0 Å². The van der Waals surface area contributed by atoms with E-state index in [-0.39, 0.29) is 0 Å². The minimum atomic E-state index is 0.361. The number of rotatable bonds is 3. The first-order valence-corrected chi connectivity index (χ1v) is 11.0. The number of benzene rings is 2. The summed E-state index contributed by atoms with van der Waals surface area (Å²) in [5.41, 5.74) is 5.78. The van der Waals surface area contributed by atoms with Crippen LogP contribution in [0.2, 0.25) is 0 Å². The Morgan fingerprint density at radius 3 is 2.75 bits per heavy atom. The van der Waals surface area contributed by atoms with Gasteiger partial charge in [0, 0.05) is 65.5 Å². The fraction of sp³-hybridized carbons (Fsp3) is 0.280. The van der Waals surface area contributed by atoms with E-state index in [9.17, 15) is 0 Å². The van der Waals surface area contributed by atoms with E-state index in [1.54, 1.807) is 0 Å². The van der Waals surface area contributed by atoms with Gasteiger partial charge in [0.05, 0.1) is 12.2 Å². The number of nitrogens with zero attached hydrogens (tertiary/aromatic N) is 4. The van der Waals surface area contributed by atoms with Crippen molar-refractivity contribution in [2.45, 2.75) is 32.5 Å². The molecule has 3 heterocycles. The molecule has 2 aromatic carbocycles. The van der Waals surface area contributed by atoms with Gasteiger partial charge in [-0.05, 0) is 26.0 Å². The quantitative estimate of drug-likeness (QED) is 0.438. The van der Waals surface area contributed by atoms with E-state index in [1.807, 2.05) is 48.8 Å². The number of aromatic nitrogens is 2. The average Bonchev–Trinajstić information content (AvgIpc) is 2.97. The molecule has 3 aromatic rings. The van der Waals surface area contributed by atoms with Crippen molar-refractivity contribution in [1.29, 1.82) is 5.41 Å². The molecule has 162 valence electrons. The van der Waals surface area contributed by atoms with E-state index >= 15 is 0 Å². The van der Waals surface area contributed by atoms with Crippen molar-refractivity contribution in [2.24, 2.45) is 4.99 Å². The second-order valence-corrected chi connectivity index (χ2v) is 8.55. The average molecular weight is 426 g/mol. The summed E-state index contributed by atoms with van der Waals surface area (Å²) in [7, 11) is 0. The van der Waals surface area contributed by atoms with Crippen LogP contribution in [0, 0.1) is 5.41 Å². The Morgan fingerprint density at radius 1 is 1.09 bits per heavy atom. The van der Waals surface area contributed by atoms with Crippen molar-refractivity contribution >= 4 is 23.7 Å². The maximum absolute atomic E-state index is 8.74. The lowest BCUT2D eigenvalue weighted by Crippen LogP contribution is -2.55. The minimum absolute atomic E-state index is 0.361. The SMILES string of the molecule is CC1CN(C(=N)c2cccc(Nc3ncc4c(n3)-c3ccccc3C=NC4)c2)CC(C)N1. The third kappa shape index (κ3) is 4.11. The topological polar surface area (TPSA) is 89.3 Å². The maximum atomic E-state index is 8.74. The normalized spacial score (nSPS) is 19.6. The van der Waals surface area contributed by atoms with Gasteiger partial charge in [-0.3, -0.25) is 10.4 Å². The van der Waals surface area contributed by atoms with Crippen LogP contribution < -0.4 is 10.6 Å². The van der Waals surface area contributed by atoms with E-state index in [1.165, 1.54) is 0 Å². The second-order valence-electron chi connectivity index (χ2n) is 8.55. The van der Waals surface area contributed by atoms with Crippen LogP contribution in [0.1, 0.15) is 30.5 Å². The predicted octanol–water partition coefficient (Wildman–Crippen LogP) is 3.83. The van der Waals surface area contributed by atoms with Crippen molar-refractivity contribution in [1.82, 2.24) is 20.2 Å². The molecule has 1 saturated heterocycles. The summed E-state index contributed by atoms with van der Waals surface area (Å²) >= 11 is 0. The van der Waals surface area contributed by atoms with Gasteiger partial charge < -0.3 is 15.5 Å². The monoisotopic (exact) mass is 425 g/mol. The predicted molar refractivity (Wildman–Crippen MR) is 129 cm³/mol. The molecule has 5 rings (SSSR count). The van der Waals surface area contributed by atoms with Crippen LogP contribution in [0.4, 0.5) is 11.6 Å². The van der Waals surface area contributed by atoms with Crippen molar-refractivity contribution in [3.05, 3.63) is 71.4 Å². The van der Waals surface area contributed by atoms with Gasteiger partial charge in [-0.15, -0.1) is 0 Å². The van der Waals surface area contributed by atoms with Gasteiger partial charge in [-0.1, -0.05) is 36.4 Å². The first kappa shape index (κ1) is 20.3. The van der Waals surface area contributed by atoms with Gasteiger partial charge in [0.2, 0.25) is 5.95 Å². The van der Waals surface area contributed by atoms with Crippen LogP contribution >= 0.6 is 0 Å². The second kappa shape index (κ2) is 8.51. The Balaban J connectivity index is 1.40. The molecule has 0 amide bonds. The Morgan fingerprint density at radius 2 is 1.91 bits per heavy atom. The number of aliphatic imine (C=N–C) groups is 1. The Hall–Kier alpha value is -3.58. The summed E-state index contributed by atoms with van der Waals surface area (Å²) in [5.74, 6) is 1.08. The van der Waals surface area contributed by atoms with Gasteiger partial charge in [0.1, 0.15) is 5.84 Å². The van der Waals surface area contributed by atoms with Gasteiger partial charge in [0.25, 0.3) is 0 Å². The molecule has 7 heteroatoms. The molecule has 3 N–H and O–H groups in total. The first-order valence-electron chi connectivity index (χ1n) is 11.0. The molecular weight excluding hydrogens is 398 g/mol. The van der Waals surface area contributed by atoms with Crippen LogP contribution in [-0.2, 0) is 6.54 Å². The Bertz CT molecular complexity index is 1180. The highest BCUT2D eigenvalue weighted by Crippen LogP contribution is 2.28. The number of nitrogens with one attached hydrogen (secondary N) is 3. The molecule has 0 saturated carbocycles. The fourth-order valence-electron chi connectivity index (χ4n) is 4.45. The van der Waals surface area contributed by atoms with Gasteiger partial charge in [-0.2, -0.15) is 0 Å². The summed E-state index contributed by atoms with van der Waals surface area (Å²) in [6.45, 7) is 6.55. The molecule has 2 atom stereocenters. The highest BCUT2D eigenvalue weighted by molar-refractivity contribution is 5.97. The highest BCUT2D eigenvalue weighted by Gasteiger charge is 2.23. The molecule has 0 radical (unpaired) electrons. The number of anilines is 2. The lowest BCUT2D eigenvalue weighted by atomic mass is 10.0. The standard InChI is InChI=1S/C25H27N7/c1-16-14-32(15-17(2)29-16)24(26)18-7-5-8-21(10-18)30-25-28-13-20-12-27-11-19-6-3-4-9-22(19)23(20)31-25/h3-11,13,16-17,26,29H,12,14-15H2,1-2H3,(H,28,30,31). The van der Waals surface area contributed by atoms with Crippen molar-refractivity contribution in [2.75, 3.05) is 18.4 Å². The molecule has 32 heavy (non-hydrogen) atoms. The molecule has 2 aliphatic rings. The van der Waals surface area contributed by atoms with Gasteiger partial charge in [0.15, 0.2) is 0 Å². The van der Waals surface area contributed by atoms with Crippen molar-refractivity contribution < 1.29 is 0 Å². The van der Waals surface area contributed by atoms with Gasteiger partial charge >= 0.3 is 0 Å². The smallest absolute Gasteiger partial charge is 0.227 e. The molecule has 0 spiro atoms. The number of hydrogen-bond donors (Lipinski definition) is 3. The van der Waals surface area contributed by atoms with Crippen molar-refractivity contribution in [3.8, 4) is 11.3 Å². The van der Waals surface area contributed by atoms with Gasteiger partial charge in [-0.25, -0.2) is 9.97 Å². The number of hydrogen-bond acceptors (Lipinski definition) is 6. The molecule has 0 aliphatic carbocycles. The Kier molecular flexibility index (Phi) is 5.41. The zero-order valence-corrected chi connectivity index (χ0v) is 18.3. The number of fused-ring (bicyclic) bond motifs is 3. The molecular formula is C25H27N7. The molecule has 0 bridgehead atoms. The van der Waals surface area contributed by atoms with Crippen LogP contribution in [0.25, 0.3) is 11.3 Å². The highest BCUT2D eigenvalue weighted by atomic mass is 15.2. The number of piperazine rings is 1. The molecule has 1 fully saturated rings. The van der Waals surface area contributed by atoms with E-state index in [0.717, 1.165) is 46.7 Å². The number of amidine groups is 1. The van der Waals surface area contributed by atoms with E-state index in [4.69, 9.17) is 10.4 Å². The molecule has 7 nitrogen and oxygen atoms in total. The first-order chi connectivity index (χ1) is 15.6. The van der Waals surface area contributed by atoms with E-state index in [2.05, 4.69) is 51.5 Å². The summed E-state index contributed by atoms with van der Waals surface area (Å²) in [6, 6.07) is 16.8. The minimum Gasteiger partial charge on any atom is -0.353 e. The lowest BCUT2D eigenvalue weighted by Gasteiger charge is -2.37. The lowest BCUT2D eigenvalue weighted by molar-refractivity contribution is 0.254. The molecule has 2 aliphatic heterocycles. The summed E-state index contributed by atoms with van der Waals surface area (Å²) in [4.78, 5) is 16.0. The molecule has 2 unspecified atom stereocenters. The molecule has 1 aromatic heterocycles. The zero-order valence-electron chi connectivity index (χ0n) is 18.3. The summed E-state index contributed by atoms with van der Waals surface area (Å²) in [6.07, 6.45) is 3.75. The van der Waals surface area contributed by atoms with Crippen LogP contribution in [0.5, 0.6) is 0 Å².